The maximum Gasteiger partial charge on any atom is 0.325 e. The molecule has 1 aliphatic heterocycles. The van der Waals surface area contributed by atoms with Crippen molar-refractivity contribution in [2.45, 2.75) is 46.1 Å². The number of hydrogen-bond acceptors (Lipinski definition) is 8. The lowest BCUT2D eigenvalue weighted by Crippen LogP contribution is -2.34. The van der Waals surface area contributed by atoms with Crippen molar-refractivity contribution in [2.24, 2.45) is 5.92 Å². The van der Waals surface area contributed by atoms with E-state index < -0.39 is 18.0 Å². The van der Waals surface area contributed by atoms with Crippen LogP contribution in [0.25, 0.3) is 11.1 Å². The number of benzene rings is 2. The molecule has 1 amide bonds. The quantitative estimate of drug-likeness (QED) is 0.354. The molecule has 206 valence electrons. The van der Waals surface area contributed by atoms with E-state index in [2.05, 4.69) is 44.5 Å². The van der Waals surface area contributed by atoms with Crippen LogP contribution in [-0.2, 0) is 16.0 Å². The highest BCUT2D eigenvalue weighted by Crippen LogP contribution is 2.29. The molecular formula is C30H36N4O5. The fourth-order valence-corrected chi connectivity index (χ4v) is 4.79. The third-order valence-corrected chi connectivity index (χ3v) is 7.06. The topological polar surface area (TPSA) is 125 Å². The molecule has 0 bridgehead atoms. The molecule has 1 unspecified atom stereocenters. The monoisotopic (exact) mass is 532 g/mol. The van der Waals surface area contributed by atoms with Gasteiger partial charge in [-0.25, -0.2) is 9.97 Å². The number of aliphatic hydroxyl groups excluding tert-OH is 1. The van der Waals surface area contributed by atoms with Crippen molar-refractivity contribution in [1.29, 1.82) is 0 Å². The van der Waals surface area contributed by atoms with Gasteiger partial charge in [0.1, 0.15) is 12.4 Å². The molecule has 1 saturated heterocycles. The Balaban J connectivity index is 1.34. The number of rotatable bonds is 9. The molecule has 1 aliphatic rings. The van der Waals surface area contributed by atoms with Gasteiger partial charge in [-0.3, -0.25) is 9.59 Å². The van der Waals surface area contributed by atoms with Crippen molar-refractivity contribution in [3.8, 4) is 16.9 Å². The molecule has 1 aromatic heterocycles. The number of aryl methyl sites for hydroxylation is 1. The molecule has 1 atom stereocenters. The third kappa shape index (κ3) is 7.11. The fourth-order valence-electron chi connectivity index (χ4n) is 4.79. The predicted octanol–water partition coefficient (Wildman–Crippen LogP) is 3.96. The highest BCUT2D eigenvalue weighted by Gasteiger charge is 2.24. The third-order valence-electron chi connectivity index (χ3n) is 7.06. The van der Waals surface area contributed by atoms with Crippen molar-refractivity contribution in [2.75, 3.05) is 31.1 Å². The number of piperidine rings is 1. The van der Waals surface area contributed by atoms with Crippen molar-refractivity contribution < 1.29 is 24.5 Å². The van der Waals surface area contributed by atoms with E-state index in [9.17, 15) is 19.8 Å². The number of aliphatic hydroxyl groups is 1. The molecule has 2 heterocycles. The number of aromatic hydroxyl groups is 1. The normalized spacial score (nSPS) is 14.6. The van der Waals surface area contributed by atoms with Gasteiger partial charge in [0.05, 0.1) is 18.4 Å². The summed E-state index contributed by atoms with van der Waals surface area (Å²) in [6.45, 7) is 6.82. The van der Waals surface area contributed by atoms with E-state index in [4.69, 9.17) is 4.74 Å². The second kappa shape index (κ2) is 12.7. The lowest BCUT2D eigenvalue weighted by atomic mass is 9.92. The number of anilines is 1. The van der Waals surface area contributed by atoms with E-state index in [0.717, 1.165) is 42.6 Å². The SMILES string of the molecule is CCOC(=O)CNC(=O)c1nc(CC2CCN(c3ccc(-c4ccc(C(C)O)cc4)cc3)CC2)nc(C)c1O. The van der Waals surface area contributed by atoms with Crippen LogP contribution in [0.3, 0.4) is 0 Å². The molecule has 3 aromatic rings. The minimum Gasteiger partial charge on any atom is -0.504 e. The Bertz CT molecular complexity index is 1280. The number of nitrogens with one attached hydrogen (secondary N) is 1. The predicted molar refractivity (Wildman–Crippen MR) is 149 cm³/mol. The summed E-state index contributed by atoms with van der Waals surface area (Å²) >= 11 is 0. The molecule has 0 spiro atoms. The van der Waals surface area contributed by atoms with Crippen LogP contribution in [0.15, 0.2) is 48.5 Å². The van der Waals surface area contributed by atoms with Gasteiger partial charge >= 0.3 is 5.97 Å². The van der Waals surface area contributed by atoms with Gasteiger partial charge in [-0.05, 0) is 68.4 Å². The molecule has 2 aromatic carbocycles. The first kappa shape index (κ1) is 28.0. The standard InChI is InChI=1S/C30H36N4O5/c1-4-39-27(36)18-31-30(38)28-29(37)19(2)32-26(33-28)17-21-13-15-34(16-14-21)25-11-9-24(10-12-25)23-7-5-22(6-8-23)20(3)35/h5-12,20-21,35,37H,4,13-18H2,1-3H3,(H,31,38). The van der Waals surface area contributed by atoms with Gasteiger partial charge in [0.25, 0.3) is 5.91 Å². The summed E-state index contributed by atoms with van der Waals surface area (Å²) in [4.78, 5) is 35.2. The molecule has 0 saturated carbocycles. The van der Waals surface area contributed by atoms with E-state index in [1.165, 1.54) is 5.69 Å². The number of nitrogens with zero attached hydrogens (tertiary/aromatic N) is 3. The second-order valence-corrected chi connectivity index (χ2v) is 9.89. The second-order valence-electron chi connectivity index (χ2n) is 9.89. The van der Waals surface area contributed by atoms with Crippen molar-refractivity contribution in [3.63, 3.8) is 0 Å². The Morgan fingerprint density at radius 3 is 2.26 bits per heavy atom. The van der Waals surface area contributed by atoms with E-state index >= 15 is 0 Å². The zero-order valence-corrected chi connectivity index (χ0v) is 22.7. The highest BCUT2D eigenvalue weighted by atomic mass is 16.5. The molecule has 9 nitrogen and oxygen atoms in total. The Kier molecular flexibility index (Phi) is 9.14. The first-order valence-corrected chi connectivity index (χ1v) is 13.4. The molecule has 1 fully saturated rings. The average Bonchev–Trinajstić information content (AvgIpc) is 2.94. The summed E-state index contributed by atoms with van der Waals surface area (Å²) in [5.41, 5.74) is 4.53. The first-order chi connectivity index (χ1) is 18.7. The number of amides is 1. The Hall–Kier alpha value is -3.98. The number of esters is 1. The lowest BCUT2D eigenvalue weighted by molar-refractivity contribution is -0.141. The summed E-state index contributed by atoms with van der Waals surface area (Å²) in [7, 11) is 0. The van der Waals surface area contributed by atoms with Crippen molar-refractivity contribution >= 4 is 17.6 Å². The number of carbonyl (C=O) groups is 2. The van der Waals surface area contributed by atoms with Gasteiger partial charge in [-0.1, -0.05) is 36.4 Å². The van der Waals surface area contributed by atoms with Crippen LogP contribution in [0.4, 0.5) is 5.69 Å². The summed E-state index contributed by atoms with van der Waals surface area (Å²) in [6.07, 6.45) is 2.04. The van der Waals surface area contributed by atoms with Gasteiger partial charge in [-0.15, -0.1) is 0 Å². The van der Waals surface area contributed by atoms with Crippen LogP contribution in [0.1, 0.15) is 60.4 Å². The largest absolute Gasteiger partial charge is 0.504 e. The number of aromatic nitrogens is 2. The van der Waals surface area contributed by atoms with Gasteiger partial charge < -0.3 is 25.2 Å². The van der Waals surface area contributed by atoms with Crippen molar-refractivity contribution in [3.05, 3.63) is 71.3 Å². The van der Waals surface area contributed by atoms with Gasteiger partial charge in [0.2, 0.25) is 0 Å². The van der Waals surface area contributed by atoms with Gasteiger partial charge in [0, 0.05) is 25.2 Å². The van der Waals surface area contributed by atoms with E-state index in [1.807, 2.05) is 24.3 Å². The first-order valence-electron chi connectivity index (χ1n) is 13.4. The molecule has 3 N–H and O–H groups in total. The summed E-state index contributed by atoms with van der Waals surface area (Å²) in [5, 5.41) is 22.5. The lowest BCUT2D eigenvalue weighted by Gasteiger charge is -2.33. The van der Waals surface area contributed by atoms with Crippen LogP contribution in [0.5, 0.6) is 5.75 Å². The minimum atomic E-state index is -0.635. The molecular weight excluding hydrogens is 496 g/mol. The Labute approximate surface area is 228 Å². The molecule has 9 heteroatoms. The number of carbonyl (C=O) groups excluding carboxylic acids is 2. The molecule has 4 rings (SSSR count). The number of ether oxygens (including phenoxy) is 1. The Morgan fingerprint density at radius 1 is 1.05 bits per heavy atom. The molecule has 0 aliphatic carbocycles. The number of hydrogen-bond donors (Lipinski definition) is 3. The van der Waals surface area contributed by atoms with Gasteiger partial charge in [-0.2, -0.15) is 0 Å². The van der Waals surface area contributed by atoms with Crippen LogP contribution in [-0.4, -0.2) is 58.3 Å². The summed E-state index contributed by atoms with van der Waals surface area (Å²) < 4.78 is 4.82. The van der Waals surface area contributed by atoms with Gasteiger partial charge in [0.15, 0.2) is 11.4 Å². The molecule has 0 radical (unpaired) electrons. The maximum absolute atomic E-state index is 12.5. The zero-order chi connectivity index (χ0) is 27.9. The van der Waals surface area contributed by atoms with E-state index in [-0.39, 0.29) is 24.6 Å². The van der Waals surface area contributed by atoms with Crippen LogP contribution >= 0.6 is 0 Å². The molecule has 39 heavy (non-hydrogen) atoms. The average molecular weight is 533 g/mol. The zero-order valence-electron chi connectivity index (χ0n) is 22.7. The minimum absolute atomic E-state index is 0.125. The van der Waals surface area contributed by atoms with Crippen LogP contribution in [0.2, 0.25) is 0 Å². The smallest absolute Gasteiger partial charge is 0.325 e. The van der Waals surface area contributed by atoms with E-state index in [1.54, 1.807) is 20.8 Å². The van der Waals surface area contributed by atoms with Crippen LogP contribution < -0.4 is 10.2 Å². The Morgan fingerprint density at radius 2 is 1.67 bits per heavy atom. The summed E-state index contributed by atoms with van der Waals surface area (Å²) in [6, 6.07) is 16.5. The summed E-state index contributed by atoms with van der Waals surface area (Å²) in [5.74, 6) is -0.603. The van der Waals surface area contributed by atoms with Crippen molar-refractivity contribution in [1.82, 2.24) is 15.3 Å². The highest BCUT2D eigenvalue weighted by molar-refractivity contribution is 5.96. The van der Waals surface area contributed by atoms with E-state index in [0.29, 0.717) is 23.9 Å². The maximum atomic E-state index is 12.5. The fraction of sp³-hybridized carbons (Fsp3) is 0.400. The van der Waals surface area contributed by atoms with Crippen LogP contribution in [0, 0.1) is 12.8 Å².